The summed E-state index contributed by atoms with van der Waals surface area (Å²) in [5.74, 6) is 1.04. The van der Waals surface area contributed by atoms with E-state index in [2.05, 4.69) is 70.4 Å². The number of para-hydroxylation sites is 1. The quantitative estimate of drug-likeness (QED) is 0.760. The van der Waals surface area contributed by atoms with Crippen molar-refractivity contribution in [1.82, 2.24) is 4.31 Å². The molecule has 0 spiro atoms. The Balaban J connectivity index is 1.46. The molecule has 0 saturated carbocycles. The van der Waals surface area contributed by atoms with Crippen LogP contribution in [-0.2, 0) is 5.75 Å². The van der Waals surface area contributed by atoms with Gasteiger partial charge >= 0.3 is 0 Å². The Bertz CT molecular complexity index is 587. The molecule has 2 aromatic rings. The highest BCUT2D eigenvalue weighted by atomic mass is 32.2. The first-order valence-corrected chi connectivity index (χ1v) is 8.68. The number of nitrogens with zero attached hydrogens (tertiary/aromatic N) is 2. The van der Waals surface area contributed by atoms with Gasteiger partial charge in [-0.15, -0.1) is 0 Å². The van der Waals surface area contributed by atoms with Crippen LogP contribution in [0.1, 0.15) is 11.1 Å². The molecule has 0 aromatic heterocycles. The smallest absolute Gasteiger partial charge is 0.0367 e. The lowest BCUT2D eigenvalue weighted by atomic mass is 10.1. The van der Waals surface area contributed by atoms with E-state index in [1.54, 1.807) is 0 Å². The second kappa shape index (κ2) is 7.52. The van der Waals surface area contributed by atoms with Crippen molar-refractivity contribution in [3.8, 4) is 0 Å². The lowest BCUT2D eigenvalue weighted by Crippen LogP contribution is -2.43. The lowest BCUT2D eigenvalue weighted by Gasteiger charge is -2.35. The van der Waals surface area contributed by atoms with Crippen molar-refractivity contribution in [3.63, 3.8) is 0 Å². The van der Waals surface area contributed by atoms with E-state index >= 15 is 0 Å². The maximum atomic E-state index is 3.79. The van der Waals surface area contributed by atoms with Crippen molar-refractivity contribution in [2.24, 2.45) is 0 Å². The monoisotopic (exact) mass is 310 g/mol. The molecule has 0 N–H and O–H groups in total. The minimum absolute atomic E-state index is 1.04. The van der Waals surface area contributed by atoms with E-state index in [0.29, 0.717) is 0 Å². The molecule has 0 atom stereocenters. The van der Waals surface area contributed by atoms with Crippen LogP contribution >= 0.6 is 11.9 Å². The molecule has 3 heteroatoms. The molecular weight excluding hydrogens is 288 g/mol. The zero-order valence-electron chi connectivity index (χ0n) is 12.8. The molecule has 2 aromatic carbocycles. The van der Waals surface area contributed by atoms with Crippen molar-refractivity contribution < 1.29 is 0 Å². The van der Waals surface area contributed by atoms with Crippen molar-refractivity contribution in [3.05, 3.63) is 72.3 Å². The van der Waals surface area contributed by atoms with Crippen LogP contribution in [0.3, 0.4) is 0 Å². The average Bonchev–Trinajstić information content (AvgIpc) is 2.61. The predicted octanol–water partition coefficient (Wildman–Crippen LogP) is 4.30. The highest BCUT2D eigenvalue weighted by Gasteiger charge is 2.17. The lowest BCUT2D eigenvalue weighted by molar-refractivity contribution is 0.429. The number of anilines is 1. The van der Waals surface area contributed by atoms with Gasteiger partial charge in [0, 0.05) is 37.6 Å². The largest absolute Gasteiger partial charge is 0.369 e. The van der Waals surface area contributed by atoms with Gasteiger partial charge in [-0.3, -0.25) is 0 Å². The predicted molar refractivity (Wildman–Crippen MR) is 98.1 cm³/mol. The van der Waals surface area contributed by atoms with Gasteiger partial charge in [-0.1, -0.05) is 67.1 Å². The summed E-state index contributed by atoms with van der Waals surface area (Å²) in [5, 5.41) is 0. The summed E-state index contributed by atoms with van der Waals surface area (Å²) in [6, 6.07) is 19.4. The van der Waals surface area contributed by atoms with Gasteiger partial charge in [-0.25, -0.2) is 4.31 Å². The standard InChI is InChI=1S/C19H22N2S/c1-2-17-8-10-18(11-9-17)16-22-21-14-12-20(13-15-21)19-6-4-3-5-7-19/h2-11H,1,12-16H2. The van der Waals surface area contributed by atoms with Crippen molar-refractivity contribution in [2.75, 3.05) is 31.1 Å². The average molecular weight is 310 g/mol. The molecule has 1 aliphatic rings. The normalized spacial score (nSPS) is 15.7. The maximum absolute atomic E-state index is 3.79. The van der Waals surface area contributed by atoms with Crippen molar-refractivity contribution >= 4 is 23.7 Å². The Morgan fingerprint density at radius 1 is 0.909 bits per heavy atom. The fraction of sp³-hybridized carbons (Fsp3) is 0.263. The Morgan fingerprint density at radius 3 is 2.23 bits per heavy atom. The molecular formula is C19H22N2S. The molecule has 1 aliphatic heterocycles. The van der Waals surface area contributed by atoms with Gasteiger partial charge < -0.3 is 4.90 Å². The summed E-state index contributed by atoms with van der Waals surface area (Å²) in [7, 11) is 0. The van der Waals surface area contributed by atoms with E-state index in [0.717, 1.165) is 31.9 Å². The van der Waals surface area contributed by atoms with Crippen LogP contribution in [0, 0.1) is 0 Å². The number of rotatable bonds is 5. The second-order valence-corrected chi connectivity index (χ2v) is 6.53. The van der Waals surface area contributed by atoms with Gasteiger partial charge in [0.25, 0.3) is 0 Å². The third kappa shape index (κ3) is 3.93. The molecule has 0 radical (unpaired) electrons. The summed E-state index contributed by atoms with van der Waals surface area (Å²) >= 11 is 1.94. The summed E-state index contributed by atoms with van der Waals surface area (Å²) in [5.41, 5.74) is 3.90. The summed E-state index contributed by atoms with van der Waals surface area (Å²) < 4.78 is 2.49. The van der Waals surface area contributed by atoms with E-state index in [1.807, 2.05) is 18.0 Å². The van der Waals surface area contributed by atoms with Crippen LogP contribution in [0.2, 0.25) is 0 Å². The first-order valence-electron chi connectivity index (χ1n) is 7.74. The number of benzene rings is 2. The molecule has 114 valence electrons. The van der Waals surface area contributed by atoms with E-state index in [9.17, 15) is 0 Å². The minimum atomic E-state index is 1.04. The maximum Gasteiger partial charge on any atom is 0.0367 e. The van der Waals surface area contributed by atoms with Gasteiger partial charge in [0.05, 0.1) is 0 Å². The molecule has 0 unspecified atom stereocenters. The third-order valence-corrected chi connectivity index (χ3v) is 5.18. The van der Waals surface area contributed by atoms with E-state index in [1.165, 1.54) is 16.8 Å². The zero-order chi connectivity index (χ0) is 15.2. The van der Waals surface area contributed by atoms with Crippen molar-refractivity contribution in [2.45, 2.75) is 5.75 Å². The molecule has 2 nitrogen and oxygen atoms in total. The Kier molecular flexibility index (Phi) is 5.20. The van der Waals surface area contributed by atoms with Gasteiger partial charge in [0.2, 0.25) is 0 Å². The first-order chi connectivity index (χ1) is 10.8. The van der Waals surface area contributed by atoms with Crippen LogP contribution in [-0.4, -0.2) is 30.5 Å². The fourth-order valence-electron chi connectivity index (χ4n) is 2.63. The summed E-state index contributed by atoms with van der Waals surface area (Å²) in [4.78, 5) is 2.47. The fourth-order valence-corrected chi connectivity index (χ4v) is 3.58. The van der Waals surface area contributed by atoms with Crippen LogP contribution in [0.15, 0.2) is 61.2 Å². The van der Waals surface area contributed by atoms with E-state index in [4.69, 9.17) is 0 Å². The van der Waals surface area contributed by atoms with Crippen LogP contribution < -0.4 is 4.90 Å². The molecule has 22 heavy (non-hydrogen) atoms. The van der Waals surface area contributed by atoms with Gasteiger partial charge in [-0.2, -0.15) is 0 Å². The van der Waals surface area contributed by atoms with E-state index in [-0.39, 0.29) is 0 Å². The Labute approximate surface area is 137 Å². The number of hydrogen-bond donors (Lipinski definition) is 0. The van der Waals surface area contributed by atoms with Gasteiger partial charge in [0.1, 0.15) is 0 Å². The Morgan fingerprint density at radius 2 is 1.59 bits per heavy atom. The molecule has 3 rings (SSSR count). The van der Waals surface area contributed by atoms with Crippen LogP contribution in [0.4, 0.5) is 5.69 Å². The minimum Gasteiger partial charge on any atom is -0.369 e. The van der Waals surface area contributed by atoms with Crippen molar-refractivity contribution in [1.29, 1.82) is 0 Å². The number of piperazine rings is 1. The van der Waals surface area contributed by atoms with Gasteiger partial charge in [0.15, 0.2) is 0 Å². The molecule has 1 heterocycles. The molecule has 0 bridgehead atoms. The van der Waals surface area contributed by atoms with Gasteiger partial charge in [-0.05, 0) is 23.3 Å². The summed E-state index contributed by atoms with van der Waals surface area (Å²) in [6.07, 6.45) is 1.89. The highest BCUT2D eigenvalue weighted by Crippen LogP contribution is 2.22. The summed E-state index contributed by atoms with van der Waals surface area (Å²) in [6.45, 7) is 8.23. The van der Waals surface area contributed by atoms with E-state index < -0.39 is 0 Å². The second-order valence-electron chi connectivity index (χ2n) is 5.47. The molecule has 1 fully saturated rings. The molecule has 1 saturated heterocycles. The Hall–Kier alpha value is -1.71. The molecule has 0 aliphatic carbocycles. The first kappa shape index (κ1) is 15.2. The van der Waals surface area contributed by atoms with Crippen LogP contribution in [0.5, 0.6) is 0 Å². The SMILES string of the molecule is C=Cc1ccc(CSN2CCN(c3ccccc3)CC2)cc1. The van der Waals surface area contributed by atoms with Crippen LogP contribution in [0.25, 0.3) is 6.08 Å². The zero-order valence-corrected chi connectivity index (χ0v) is 13.6. The number of hydrogen-bond acceptors (Lipinski definition) is 3. The third-order valence-electron chi connectivity index (χ3n) is 3.99. The highest BCUT2D eigenvalue weighted by molar-refractivity contribution is 7.96. The molecule has 0 amide bonds. The topological polar surface area (TPSA) is 6.48 Å².